The molecule has 0 spiro atoms. The maximum Gasteiger partial charge on any atom is 0.337 e. The predicted octanol–water partition coefficient (Wildman–Crippen LogP) is 1.88. The quantitative estimate of drug-likeness (QED) is 0.831. The number of carbonyl (C=O) groups is 1. The van der Waals surface area contributed by atoms with Gasteiger partial charge >= 0.3 is 5.97 Å². The number of pyridine rings is 1. The van der Waals surface area contributed by atoms with Crippen LogP contribution < -0.4 is 5.56 Å². The molecule has 86 valence electrons. The summed E-state index contributed by atoms with van der Waals surface area (Å²) >= 11 is 0. The zero-order chi connectivity index (χ0) is 12.4. The van der Waals surface area contributed by atoms with Gasteiger partial charge < -0.3 is 10.1 Å². The number of nitrogens with one attached hydrogen (secondary N) is 1. The zero-order valence-electron chi connectivity index (χ0n) is 8.61. The first-order valence-electron chi connectivity index (χ1n) is 4.80. The number of aromatic nitrogens is 1. The van der Waals surface area contributed by atoms with Gasteiger partial charge in [-0.1, -0.05) is 12.1 Å². The molecule has 0 bridgehead atoms. The Morgan fingerprint density at radius 2 is 1.88 bits per heavy atom. The molecule has 4 nitrogen and oxygen atoms in total. The number of aromatic carboxylic acids is 1. The van der Waals surface area contributed by atoms with Gasteiger partial charge in [0.05, 0.1) is 5.56 Å². The topological polar surface area (TPSA) is 70.2 Å². The van der Waals surface area contributed by atoms with Crippen molar-refractivity contribution in [2.45, 2.75) is 0 Å². The second-order valence-electron chi connectivity index (χ2n) is 3.44. The van der Waals surface area contributed by atoms with Gasteiger partial charge in [-0.05, 0) is 23.8 Å². The van der Waals surface area contributed by atoms with E-state index in [-0.39, 0.29) is 11.1 Å². The van der Waals surface area contributed by atoms with Crippen LogP contribution in [0, 0.1) is 5.82 Å². The van der Waals surface area contributed by atoms with Crippen molar-refractivity contribution in [2.75, 3.05) is 0 Å². The van der Waals surface area contributed by atoms with Crippen molar-refractivity contribution in [3.05, 3.63) is 58.3 Å². The van der Waals surface area contributed by atoms with Gasteiger partial charge in [0, 0.05) is 11.8 Å². The number of benzene rings is 1. The molecule has 0 atom stereocenters. The van der Waals surface area contributed by atoms with Crippen LogP contribution in [0.5, 0.6) is 0 Å². The highest BCUT2D eigenvalue weighted by atomic mass is 19.1. The fraction of sp³-hybridized carbons (Fsp3) is 0. The minimum absolute atomic E-state index is 0.0241. The summed E-state index contributed by atoms with van der Waals surface area (Å²) in [5.41, 5.74) is 0.228. The fourth-order valence-electron chi connectivity index (χ4n) is 1.45. The van der Waals surface area contributed by atoms with Gasteiger partial charge in [-0.15, -0.1) is 0 Å². The SMILES string of the molecule is O=C(O)c1c[nH]c(=O)c(-c2ccc(F)cc2)c1. The van der Waals surface area contributed by atoms with Crippen molar-refractivity contribution >= 4 is 5.97 Å². The number of hydrogen-bond acceptors (Lipinski definition) is 2. The minimum atomic E-state index is -1.13. The van der Waals surface area contributed by atoms with E-state index in [4.69, 9.17) is 5.11 Å². The Morgan fingerprint density at radius 3 is 2.47 bits per heavy atom. The molecular formula is C12H8FNO3. The predicted molar refractivity (Wildman–Crippen MR) is 59.4 cm³/mol. The molecule has 2 rings (SSSR count). The first-order chi connectivity index (χ1) is 8.08. The van der Waals surface area contributed by atoms with E-state index in [0.717, 1.165) is 6.20 Å². The summed E-state index contributed by atoms with van der Waals surface area (Å²) in [5.74, 6) is -1.55. The van der Waals surface area contributed by atoms with Crippen LogP contribution in [0.4, 0.5) is 4.39 Å². The molecule has 1 aromatic carbocycles. The standard InChI is InChI=1S/C12H8FNO3/c13-9-3-1-7(2-4-9)10-5-8(12(16)17)6-14-11(10)15/h1-6H,(H,14,15)(H,16,17). The molecule has 2 N–H and O–H groups in total. The summed E-state index contributed by atoms with van der Waals surface area (Å²) in [5, 5.41) is 8.81. The largest absolute Gasteiger partial charge is 0.478 e. The number of halogens is 1. The number of carboxylic acid groups (broad SMARTS) is 1. The minimum Gasteiger partial charge on any atom is -0.478 e. The molecule has 2 aromatic rings. The monoisotopic (exact) mass is 233 g/mol. The van der Waals surface area contributed by atoms with Crippen LogP contribution in [0.2, 0.25) is 0 Å². The van der Waals surface area contributed by atoms with E-state index in [0.29, 0.717) is 5.56 Å². The van der Waals surface area contributed by atoms with Crippen molar-refractivity contribution < 1.29 is 14.3 Å². The molecular weight excluding hydrogens is 225 g/mol. The Hall–Kier alpha value is -2.43. The van der Waals surface area contributed by atoms with E-state index in [1.807, 2.05) is 0 Å². The molecule has 1 aromatic heterocycles. The fourth-order valence-corrected chi connectivity index (χ4v) is 1.45. The maximum absolute atomic E-state index is 12.7. The lowest BCUT2D eigenvalue weighted by atomic mass is 10.1. The summed E-state index contributed by atoms with van der Waals surface area (Å²) in [6.07, 6.45) is 1.12. The van der Waals surface area contributed by atoms with Crippen molar-refractivity contribution in [3.63, 3.8) is 0 Å². The number of H-pyrrole nitrogens is 1. The van der Waals surface area contributed by atoms with Crippen molar-refractivity contribution in [1.29, 1.82) is 0 Å². The summed E-state index contributed by atoms with van der Waals surface area (Å²) in [6.45, 7) is 0. The van der Waals surface area contributed by atoms with Gasteiger partial charge in [-0.2, -0.15) is 0 Å². The van der Waals surface area contributed by atoms with E-state index in [9.17, 15) is 14.0 Å². The molecule has 0 fully saturated rings. The van der Waals surface area contributed by atoms with Crippen molar-refractivity contribution in [3.8, 4) is 11.1 Å². The van der Waals surface area contributed by atoms with Crippen LogP contribution in [-0.4, -0.2) is 16.1 Å². The van der Waals surface area contributed by atoms with Crippen LogP contribution in [0.3, 0.4) is 0 Å². The lowest BCUT2D eigenvalue weighted by molar-refractivity contribution is 0.0696. The molecule has 0 amide bonds. The first-order valence-corrected chi connectivity index (χ1v) is 4.80. The lowest BCUT2D eigenvalue weighted by Crippen LogP contribution is -2.11. The summed E-state index contributed by atoms with van der Waals surface area (Å²) < 4.78 is 12.7. The molecule has 0 radical (unpaired) electrons. The Balaban J connectivity index is 2.58. The van der Waals surface area contributed by atoms with E-state index in [2.05, 4.69) is 4.98 Å². The third-order valence-electron chi connectivity index (χ3n) is 2.31. The second-order valence-corrected chi connectivity index (χ2v) is 3.44. The Bertz CT molecular complexity index is 616. The highest BCUT2D eigenvalue weighted by Crippen LogP contribution is 2.16. The van der Waals surface area contributed by atoms with Crippen molar-refractivity contribution in [2.24, 2.45) is 0 Å². The average molecular weight is 233 g/mol. The maximum atomic E-state index is 12.7. The number of rotatable bonds is 2. The van der Waals surface area contributed by atoms with Gasteiger partial charge in [-0.25, -0.2) is 9.18 Å². The number of carboxylic acids is 1. The lowest BCUT2D eigenvalue weighted by Gasteiger charge is -2.01. The van der Waals surface area contributed by atoms with Crippen LogP contribution >= 0.6 is 0 Å². The van der Waals surface area contributed by atoms with E-state index in [1.54, 1.807) is 0 Å². The van der Waals surface area contributed by atoms with Gasteiger partial charge in [-0.3, -0.25) is 4.79 Å². The van der Waals surface area contributed by atoms with Crippen LogP contribution in [-0.2, 0) is 0 Å². The Morgan fingerprint density at radius 1 is 1.24 bits per heavy atom. The zero-order valence-corrected chi connectivity index (χ0v) is 8.61. The molecule has 1 heterocycles. The summed E-state index contributed by atoms with van der Waals surface area (Å²) in [7, 11) is 0. The number of hydrogen-bond donors (Lipinski definition) is 2. The van der Waals surface area contributed by atoms with Gasteiger partial charge in [0.2, 0.25) is 0 Å². The van der Waals surface area contributed by atoms with Crippen LogP contribution in [0.25, 0.3) is 11.1 Å². The van der Waals surface area contributed by atoms with Gasteiger partial charge in [0.25, 0.3) is 5.56 Å². The molecule has 0 saturated heterocycles. The normalized spacial score (nSPS) is 10.2. The molecule has 17 heavy (non-hydrogen) atoms. The summed E-state index contributed by atoms with van der Waals surface area (Å²) in [4.78, 5) is 24.6. The molecule has 0 aliphatic carbocycles. The van der Waals surface area contributed by atoms with E-state index >= 15 is 0 Å². The highest BCUT2D eigenvalue weighted by molar-refractivity contribution is 5.88. The number of aromatic amines is 1. The van der Waals surface area contributed by atoms with Crippen LogP contribution in [0.1, 0.15) is 10.4 Å². The second kappa shape index (κ2) is 4.21. The third-order valence-corrected chi connectivity index (χ3v) is 2.31. The first kappa shape index (κ1) is 11.1. The molecule has 0 aliphatic rings. The average Bonchev–Trinajstić information content (AvgIpc) is 2.31. The Labute approximate surface area is 95.4 Å². The van der Waals surface area contributed by atoms with E-state index < -0.39 is 17.3 Å². The molecule has 5 heteroatoms. The smallest absolute Gasteiger partial charge is 0.337 e. The molecule has 0 unspecified atom stereocenters. The highest BCUT2D eigenvalue weighted by Gasteiger charge is 2.08. The van der Waals surface area contributed by atoms with E-state index in [1.165, 1.54) is 30.3 Å². The molecule has 0 saturated carbocycles. The van der Waals surface area contributed by atoms with Crippen molar-refractivity contribution in [1.82, 2.24) is 4.98 Å². The van der Waals surface area contributed by atoms with Gasteiger partial charge in [0.1, 0.15) is 5.82 Å². The summed E-state index contributed by atoms with van der Waals surface area (Å²) in [6, 6.07) is 6.52. The van der Waals surface area contributed by atoms with Crippen LogP contribution in [0.15, 0.2) is 41.3 Å². The van der Waals surface area contributed by atoms with Gasteiger partial charge in [0.15, 0.2) is 0 Å². The molecule has 0 aliphatic heterocycles. The Kier molecular flexibility index (Phi) is 2.74. The third kappa shape index (κ3) is 2.23.